The van der Waals surface area contributed by atoms with Crippen molar-refractivity contribution >= 4 is 23.6 Å². The van der Waals surface area contributed by atoms with Gasteiger partial charge in [-0.15, -0.1) is 0 Å². The van der Waals surface area contributed by atoms with Crippen molar-refractivity contribution in [2.24, 2.45) is 0 Å². The molecule has 0 saturated carbocycles. The number of thioether (sulfide) groups is 1. The van der Waals surface area contributed by atoms with E-state index in [4.69, 9.17) is 9.84 Å². The first-order valence-electron chi connectivity index (χ1n) is 5.07. The quantitative estimate of drug-likeness (QED) is 0.784. The van der Waals surface area contributed by atoms with Gasteiger partial charge in [-0.25, -0.2) is 4.79 Å². The molecule has 0 aliphatic carbocycles. The highest BCUT2D eigenvalue weighted by Crippen LogP contribution is 2.21. The van der Waals surface area contributed by atoms with Crippen LogP contribution in [0.2, 0.25) is 0 Å². The van der Waals surface area contributed by atoms with Gasteiger partial charge < -0.3 is 14.7 Å². The van der Waals surface area contributed by atoms with E-state index in [1.54, 1.807) is 25.6 Å². The van der Waals surface area contributed by atoms with Crippen molar-refractivity contribution in [1.29, 1.82) is 0 Å². The van der Waals surface area contributed by atoms with Gasteiger partial charge in [-0.3, -0.25) is 4.79 Å². The standard InChI is InChI=1S/C10H17NO4S/c1-10(2,15-3)9(14)11-4-5-16-6-7(11)8(12)13/h7H,4-6H2,1-3H3,(H,12,13). The number of amides is 1. The van der Waals surface area contributed by atoms with Gasteiger partial charge >= 0.3 is 5.97 Å². The number of hydrogen-bond donors (Lipinski definition) is 1. The van der Waals surface area contributed by atoms with E-state index >= 15 is 0 Å². The van der Waals surface area contributed by atoms with Crippen molar-refractivity contribution in [3.63, 3.8) is 0 Å². The van der Waals surface area contributed by atoms with Gasteiger partial charge in [0, 0.05) is 25.2 Å². The molecule has 0 bridgehead atoms. The van der Waals surface area contributed by atoms with Gasteiger partial charge in [-0.05, 0) is 13.8 Å². The molecule has 92 valence electrons. The van der Waals surface area contributed by atoms with E-state index in [1.807, 2.05) is 0 Å². The number of carboxylic acids is 1. The maximum Gasteiger partial charge on any atom is 0.327 e. The predicted octanol–water partition coefficient (Wildman–Crippen LogP) is 0.440. The number of carbonyl (C=O) groups excluding carboxylic acids is 1. The fourth-order valence-electron chi connectivity index (χ4n) is 1.48. The number of hydrogen-bond acceptors (Lipinski definition) is 4. The molecule has 0 aromatic rings. The van der Waals surface area contributed by atoms with Crippen LogP contribution in [0.15, 0.2) is 0 Å². The Morgan fingerprint density at radius 3 is 2.62 bits per heavy atom. The van der Waals surface area contributed by atoms with Crippen molar-refractivity contribution in [3.8, 4) is 0 Å². The van der Waals surface area contributed by atoms with E-state index in [0.717, 1.165) is 5.75 Å². The molecule has 6 heteroatoms. The highest BCUT2D eigenvalue weighted by molar-refractivity contribution is 7.99. The number of carbonyl (C=O) groups is 2. The molecule has 0 radical (unpaired) electrons. The van der Waals surface area contributed by atoms with Gasteiger partial charge in [0.2, 0.25) is 0 Å². The lowest BCUT2D eigenvalue weighted by Gasteiger charge is -2.37. The molecule has 16 heavy (non-hydrogen) atoms. The fourth-order valence-corrected chi connectivity index (χ4v) is 2.52. The summed E-state index contributed by atoms with van der Waals surface area (Å²) in [5, 5.41) is 9.05. The van der Waals surface area contributed by atoms with E-state index in [0.29, 0.717) is 12.3 Å². The molecule has 0 aromatic carbocycles. The predicted molar refractivity (Wildman–Crippen MR) is 61.5 cm³/mol. The zero-order valence-corrected chi connectivity index (χ0v) is 10.5. The maximum absolute atomic E-state index is 12.1. The molecule has 5 nitrogen and oxygen atoms in total. The normalized spacial score (nSPS) is 21.9. The third-order valence-electron chi connectivity index (χ3n) is 2.70. The number of nitrogens with zero attached hydrogens (tertiary/aromatic N) is 1. The van der Waals surface area contributed by atoms with Crippen LogP contribution in [0.3, 0.4) is 0 Å². The van der Waals surface area contributed by atoms with Crippen molar-refractivity contribution in [3.05, 3.63) is 0 Å². The summed E-state index contributed by atoms with van der Waals surface area (Å²) in [7, 11) is 1.45. The lowest BCUT2D eigenvalue weighted by molar-refractivity contribution is -0.160. The third-order valence-corrected chi connectivity index (χ3v) is 3.72. The molecule has 1 unspecified atom stereocenters. The SMILES string of the molecule is COC(C)(C)C(=O)N1CCSCC1C(=O)O. The number of aliphatic carboxylic acids is 1. The lowest BCUT2D eigenvalue weighted by atomic mass is 10.1. The van der Waals surface area contributed by atoms with Crippen LogP contribution in [-0.4, -0.2) is 58.7 Å². The summed E-state index contributed by atoms with van der Waals surface area (Å²) in [5.41, 5.74) is -0.963. The third kappa shape index (κ3) is 2.68. The first kappa shape index (κ1) is 13.3. The minimum Gasteiger partial charge on any atom is -0.480 e. The Hall–Kier alpha value is -0.750. The van der Waals surface area contributed by atoms with Crippen LogP contribution in [0.5, 0.6) is 0 Å². The van der Waals surface area contributed by atoms with Crippen LogP contribution in [0.25, 0.3) is 0 Å². The summed E-state index contributed by atoms with van der Waals surface area (Å²) in [4.78, 5) is 24.5. The Kier molecular flexibility index (Phi) is 4.21. The molecule has 1 amide bonds. The number of ether oxygens (including phenoxy) is 1. The van der Waals surface area contributed by atoms with E-state index in [1.165, 1.54) is 12.0 Å². The minimum absolute atomic E-state index is 0.261. The molecule has 1 atom stereocenters. The highest BCUT2D eigenvalue weighted by Gasteiger charge is 2.39. The van der Waals surface area contributed by atoms with Crippen molar-refractivity contribution in [2.45, 2.75) is 25.5 Å². The second kappa shape index (κ2) is 5.05. The summed E-state index contributed by atoms with van der Waals surface area (Å²) in [6.45, 7) is 3.76. The Morgan fingerprint density at radius 2 is 2.12 bits per heavy atom. The molecule has 0 aromatic heterocycles. The van der Waals surface area contributed by atoms with E-state index in [2.05, 4.69) is 0 Å². The monoisotopic (exact) mass is 247 g/mol. The van der Waals surface area contributed by atoms with Crippen molar-refractivity contribution in [2.75, 3.05) is 25.2 Å². The summed E-state index contributed by atoms with van der Waals surface area (Å²) in [6, 6.07) is -0.735. The fraction of sp³-hybridized carbons (Fsp3) is 0.800. The van der Waals surface area contributed by atoms with Gasteiger partial charge in [-0.2, -0.15) is 11.8 Å². The second-order valence-electron chi connectivity index (χ2n) is 4.14. The van der Waals surface area contributed by atoms with Gasteiger partial charge in [0.1, 0.15) is 11.6 Å². The van der Waals surface area contributed by atoms with Crippen molar-refractivity contribution < 1.29 is 19.4 Å². The van der Waals surface area contributed by atoms with Crippen LogP contribution < -0.4 is 0 Å². The molecule has 1 aliphatic heterocycles. The second-order valence-corrected chi connectivity index (χ2v) is 5.29. The average Bonchev–Trinajstić information content (AvgIpc) is 2.28. The van der Waals surface area contributed by atoms with Crippen LogP contribution in [-0.2, 0) is 14.3 Å². The molecule has 1 fully saturated rings. The molecule has 1 aliphatic rings. The average molecular weight is 247 g/mol. The van der Waals surface area contributed by atoms with Gasteiger partial charge in [0.15, 0.2) is 0 Å². The van der Waals surface area contributed by atoms with Crippen LogP contribution in [0.4, 0.5) is 0 Å². The van der Waals surface area contributed by atoms with Crippen LogP contribution >= 0.6 is 11.8 Å². The highest BCUT2D eigenvalue weighted by atomic mass is 32.2. The van der Waals surface area contributed by atoms with E-state index in [9.17, 15) is 9.59 Å². The zero-order chi connectivity index (χ0) is 12.3. The van der Waals surface area contributed by atoms with Gasteiger partial charge in [0.25, 0.3) is 5.91 Å². The first-order valence-corrected chi connectivity index (χ1v) is 6.22. The Balaban J connectivity index is 2.83. The maximum atomic E-state index is 12.1. The van der Waals surface area contributed by atoms with E-state index in [-0.39, 0.29) is 5.91 Å². The number of methoxy groups -OCH3 is 1. The molecular weight excluding hydrogens is 230 g/mol. The van der Waals surface area contributed by atoms with Gasteiger partial charge in [-0.1, -0.05) is 0 Å². The van der Waals surface area contributed by atoms with Crippen molar-refractivity contribution in [1.82, 2.24) is 4.90 Å². The topological polar surface area (TPSA) is 66.8 Å². The molecular formula is C10H17NO4S. The lowest BCUT2D eigenvalue weighted by Crippen LogP contribution is -2.56. The molecule has 1 heterocycles. The molecule has 1 saturated heterocycles. The van der Waals surface area contributed by atoms with Gasteiger partial charge in [0.05, 0.1) is 0 Å². The molecule has 1 N–H and O–H groups in total. The number of carboxylic acid groups (broad SMARTS) is 1. The smallest absolute Gasteiger partial charge is 0.327 e. The number of rotatable bonds is 3. The summed E-state index contributed by atoms with van der Waals surface area (Å²) in [6.07, 6.45) is 0. The van der Waals surface area contributed by atoms with Crippen LogP contribution in [0, 0.1) is 0 Å². The Bertz CT molecular complexity index is 293. The largest absolute Gasteiger partial charge is 0.480 e. The molecule has 1 rings (SSSR count). The zero-order valence-electron chi connectivity index (χ0n) is 9.73. The first-order chi connectivity index (χ1) is 7.40. The summed E-state index contributed by atoms with van der Waals surface area (Å²) >= 11 is 1.56. The van der Waals surface area contributed by atoms with E-state index < -0.39 is 17.6 Å². The Morgan fingerprint density at radius 1 is 1.50 bits per heavy atom. The Labute approximate surface area is 99.1 Å². The summed E-state index contributed by atoms with van der Waals surface area (Å²) < 4.78 is 5.09. The van der Waals surface area contributed by atoms with Crippen LogP contribution in [0.1, 0.15) is 13.8 Å². The summed E-state index contributed by atoms with van der Waals surface area (Å²) in [5.74, 6) is 0.00561. The molecule has 0 spiro atoms. The minimum atomic E-state index is -0.963.